The standard InChI is InChI=1S/C20H18ClN3O2/c1-13-3-8-19(26-2)18(9-13)23-17-10-14(11-22-12-17)20(25)24-16-6-4-15(21)5-7-16/h3-12,23H,1-2H3,(H,24,25). The molecule has 0 saturated carbocycles. The second kappa shape index (κ2) is 7.89. The molecule has 3 rings (SSSR count). The van der Waals surface area contributed by atoms with E-state index in [1.807, 2.05) is 25.1 Å². The van der Waals surface area contributed by atoms with Gasteiger partial charge in [-0.25, -0.2) is 0 Å². The lowest BCUT2D eigenvalue weighted by molar-refractivity contribution is 0.102. The normalized spacial score (nSPS) is 10.3. The number of benzene rings is 2. The number of aromatic nitrogens is 1. The third-order valence-electron chi connectivity index (χ3n) is 3.74. The van der Waals surface area contributed by atoms with Crippen molar-refractivity contribution < 1.29 is 9.53 Å². The van der Waals surface area contributed by atoms with Crippen molar-refractivity contribution in [2.24, 2.45) is 0 Å². The second-order valence-electron chi connectivity index (χ2n) is 5.75. The van der Waals surface area contributed by atoms with E-state index in [9.17, 15) is 4.79 Å². The van der Waals surface area contributed by atoms with Crippen molar-refractivity contribution in [3.63, 3.8) is 0 Å². The fourth-order valence-electron chi connectivity index (χ4n) is 2.44. The molecule has 1 heterocycles. The molecule has 132 valence electrons. The molecule has 0 saturated heterocycles. The highest BCUT2D eigenvalue weighted by molar-refractivity contribution is 6.30. The summed E-state index contributed by atoms with van der Waals surface area (Å²) in [5.41, 5.74) is 3.70. The number of nitrogens with zero attached hydrogens (tertiary/aromatic N) is 1. The number of nitrogens with one attached hydrogen (secondary N) is 2. The number of halogens is 1. The van der Waals surface area contributed by atoms with E-state index >= 15 is 0 Å². The van der Waals surface area contributed by atoms with Crippen molar-refractivity contribution in [2.45, 2.75) is 6.92 Å². The highest BCUT2D eigenvalue weighted by Gasteiger charge is 2.09. The number of methoxy groups -OCH3 is 1. The third kappa shape index (κ3) is 4.32. The average molecular weight is 368 g/mol. The molecule has 1 aromatic heterocycles. The Hall–Kier alpha value is -3.05. The van der Waals surface area contributed by atoms with Gasteiger partial charge in [-0.1, -0.05) is 17.7 Å². The zero-order chi connectivity index (χ0) is 18.5. The molecule has 0 atom stereocenters. The van der Waals surface area contributed by atoms with Crippen LogP contribution in [0, 0.1) is 6.92 Å². The molecular weight excluding hydrogens is 350 g/mol. The molecule has 0 aliphatic carbocycles. The van der Waals surface area contributed by atoms with Crippen molar-refractivity contribution in [3.8, 4) is 5.75 Å². The molecule has 2 aromatic carbocycles. The van der Waals surface area contributed by atoms with Crippen molar-refractivity contribution >= 4 is 34.6 Å². The Labute approximate surface area is 157 Å². The minimum Gasteiger partial charge on any atom is -0.495 e. The van der Waals surface area contributed by atoms with Crippen LogP contribution in [-0.2, 0) is 0 Å². The van der Waals surface area contributed by atoms with Crippen molar-refractivity contribution in [1.29, 1.82) is 0 Å². The number of rotatable bonds is 5. The van der Waals surface area contributed by atoms with Crippen molar-refractivity contribution in [2.75, 3.05) is 17.7 Å². The van der Waals surface area contributed by atoms with Crippen LogP contribution in [0.4, 0.5) is 17.1 Å². The minimum absolute atomic E-state index is 0.250. The van der Waals surface area contributed by atoms with Gasteiger partial charge in [0.15, 0.2) is 0 Å². The van der Waals surface area contributed by atoms with E-state index in [4.69, 9.17) is 16.3 Å². The van der Waals surface area contributed by atoms with E-state index in [1.165, 1.54) is 6.20 Å². The number of carbonyl (C=O) groups is 1. The summed E-state index contributed by atoms with van der Waals surface area (Å²) in [5, 5.41) is 6.68. The number of hydrogen-bond donors (Lipinski definition) is 2. The van der Waals surface area contributed by atoms with Crippen molar-refractivity contribution in [3.05, 3.63) is 77.1 Å². The Morgan fingerprint density at radius 1 is 1.04 bits per heavy atom. The maximum Gasteiger partial charge on any atom is 0.257 e. The predicted molar refractivity (Wildman–Crippen MR) is 105 cm³/mol. The van der Waals surface area contributed by atoms with Gasteiger partial charge in [0.25, 0.3) is 5.91 Å². The Morgan fingerprint density at radius 2 is 1.81 bits per heavy atom. The summed E-state index contributed by atoms with van der Waals surface area (Å²) >= 11 is 5.86. The van der Waals surface area contributed by atoms with E-state index in [-0.39, 0.29) is 5.91 Å². The van der Waals surface area contributed by atoms with E-state index in [2.05, 4.69) is 15.6 Å². The zero-order valence-corrected chi connectivity index (χ0v) is 15.2. The molecule has 0 unspecified atom stereocenters. The van der Waals surface area contributed by atoms with E-state index in [0.29, 0.717) is 27.7 Å². The van der Waals surface area contributed by atoms with Crippen LogP contribution in [0.3, 0.4) is 0 Å². The highest BCUT2D eigenvalue weighted by Crippen LogP contribution is 2.28. The molecule has 0 bridgehead atoms. The molecule has 0 radical (unpaired) electrons. The summed E-state index contributed by atoms with van der Waals surface area (Å²) in [6.45, 7) is 2.00. The van der Waals surface area contributed by atoms with Crippen LogP contribution in [0.5, 0.6) is 5.75 Å². The molecular formula is C20H18ClN3O2. The van der Waals surface area contributed by atoms with Gasteiger partial charge in [-0.2, -0.15) is 0 Å². The number of anilines is 3. The molecule has 0 spiro atoms. The number of ether oxygens (including phenoxy) is 1. The molecule has 3 aromatic rings. The SMILES string of the molecule is COc1ccc(C)cc1Nc1cncc(C(=O)Nc2ccc(Cl)cc2)c1. The molecule has 1 amide bonds. The summed E-state index contributed by atoms with van der Waals surface area (Å²) < 4.78 is 5.37. The average Bonchev–Trinajstić information content (AvgIpc) is 2.64. The van der Waals surface area contributed by atoms with Gasteiger partial charge in [0.1, 0.15) is 5.75 Å². The summed E-state index contributed by atoms with van der Waals surface area (Å²) in [5.74, 6) is 0.464. The molecule has 0 aliphatic rings. The van der Waals surface area contributed by atoms with Gasteiger partial charge in [0, 0.05) is 16.9 Å². The van der Waals surface area contributed by atoms with Crippen LogP contribution in [0.2, 0.25) is 5.02 Å². The van der Waals surface area contributed by atoms with Gasteiger partial charge in [-0.3, -0.25) is 9.78 Å². The summed E-state index contributed by atoms with van der Waals surface area (Å²) in [6.07, 6.45) is 3.17. The van der Waals surface area contributed by atoms with Crippen LogP contribution in [0.1, 0.15) is 15.9 Å². The Balaban J connectivity index is 1.79. The smallest absolute Gasteiger partial charge is 0.257 e. The molecule has 5 nitrogen and oxygen atoms in total. The minimum atomic E-state index is -0.250. The first-order valence-corrected chi connectivity index (χ1v) is 8.36. The Kier molecular flexibility index (Phi) is 5.39. The van der Waals surface area contributed by atoms with Gasteiger partial charge in [0.05, 0.1) is 30.2 Å². The lowest BCUT2D eigenvalue weighted by atomic mass is 10.2. The first-order valence-electron chi connectivity index (χ1n) is 7.99. The lowest BCUT2D eigenvalue weighted by Gasteiger charge is -2.12. The first kappa shape index (κ1) is 17.8. The van der Waals surface area contributed by atoms with Crippen molar-refractivity contribution in [1.82, 2.24) is 4.98 Å². The van der Waals surface area contributed by atoms with Gasteiger partial charge < -0.3 is 15.4 Å². The Morgan fingerprint density at radius 3 is 2.54 bits per heavy atom. The fraction of sp³-hybridized carbons (Fsp3) is 0.100. The van der Waals surface area contributed by atoms with Gasteiger partial charge in [0.2, 0.25) is 0 Å². The predicted octanol–water partition coefficient (Wildman–Crippen LogP) is 5.05. The molecule has 26 heavy (non-hydrogen) atoms. The third-order valence-corrected chi connectivity index (χ3v) is 3.99. The Bertz CT molecular complexity index is 927. The highest BCUT2D eigenvalue weighted by atomic mass is 35.5. The molecule has 2 N–H and O–H groups in total. The molecule has 6 heteroatoms. The summed E-state index contributed by atoms with van der Waals surface area (Å²) in [6, 6.07) is 14.5. The van der Waals surface area contributed by atoms with E-state index in [0.717, 1.165) is 11.3 Å². The quantitative estimate of drug-likeness (QED) is 0.662. The number of pyridine rings is 1. The van der Waals surface area contributed by atoms with Crippen LogP contribution >= 0.6 is 11.6 Å². The largest absolute Gasteiger partial charge is 0.495 e. The van der Waals surface area contributed by atoms with Crippen LogP contribution in [-0.4, -0.2) is 18.0 Å². The number of amides is 1. The van der Waals surface area contributed by atoms with Crippen LogP contribution < -0.4 is 15.4 Å². The number of carbonyl (C=O) groups excluding carboxylic acids is 1. The van der Waals surface area contributed by atoms with Crippen LogP contribution in [0.15, 0.2) is 60.9 Å². The van der Waals surface area contributed by atoms with Gasteiger partial charge in [-0.05, 0) is 55.0 Å². The maximum atomic E-state index is 12.4. The molecule has 0 aliphatic heterocycles. The fourth-order valence-corrected chi connectivity index (χ4v) is 2.57. The van der Waals surface area contributed by atoms with Gasteiger partial charge in [-0.15, -0.1) is 0 Å². The van der Waals surface area contributed by atoms with Crippen LogP contribution in [0.25, 0.3) is 0 Å². The first-order chi connectivity index (χ1) is 12.5. The summed E-state index contributed by atoms with van der Waals surface area (Å²) in [4.78, 5) is 16.6. The summed E-state index contributed by atoms with van der Waals surface area (Å²) in [7, 11) is 1.62. The molecule has 0 fully saturated rings. The van der Waals surface area contributed by atoms with E-state index in [1.54, 1.807) is 43.6 Å². The zero-order valence-electron chi connectivity index (χ0n) is 14.4. The maximum absolute atomic E-state index is 12.4. The number of aryl methyl sites for hydroxylation is 1. The van der Waals surface area contributed by atoms with Gasteiger partial charge >= 0.3 is 0 Å². The van der Waals surface area contributed by atoms with E-state index < -0.39 is 0 Å². The topological polar surface area (TPSA) is 63.2 Å². The lowest BCUT2D eigenvalue weighted by Crippen LogP contribution is -2.12. The second-order valence-corrected chi connectivity index (χ2v) is 6.19. The monoisotopic (exact) mass is 367 g/mol. The number of hydrogen-bond acceptors (Lipinski definition) is 4.